The first-order valence-corrected chi connectivity index (χ1v) is 10.3. The highest BCUT2D eigenvalue weighted by Gasteiger charge is 2.27. The van der Waals surface area contributed by atoms with E-state index < -0.39 is 0 Å². The van der Waals surface area contributed by atoms with Gasteiger partial charge in [-0.2, -0.15) is 4.98 Å². The van der Waals surface area contributed by atoms with Crippen LogP contribution in [0.1, 0.15) is 16.9 Å². The predicted octanol–water partition coefficient (Wildman–Crippen LogP) is 0.249. The summed E-state index contributed by atoms with van der Waals surface area (Å²) in [4.78, 5) is 28.9. The van der Waals surface area contributed by atoms with Gasteiger partial charge in [-0.25, -0.2) is 4.98 Å². The number of anilines is 2. The summed E-state index contributed by atoms with van der Waals surface area (Å²) in [5, 5.41) is 20.1. The molecule has 0 bridgehead atoms. The van der Waals surface area contributed by atoms with Gasteiger partial charge in [0.05, 0.1) is 18.6 Å². The molecule has 146 valence electrons. The second kappa shape index (κ2) is 7.95. The molecular formula is C18H25N5O3S. The molecule has 2 aliphatic rings. The number of hydrogen-bond acceptors (Lipinski definition) is 8. The Morgan fingerprint density at radius 3 is 2.48 bits per heavy atom. The molecule has 2 aromatic heterocycles. The van der Waals surface area contributed by atoms with E-state index in [0.717, 1.165) is 41.7 Å². The highest BCUT2D eigenvalue weighted by Crippen LogP contribution is 2.41. The molecule has 27 heavy (non-hydrogen) atoms. The third-order valence-electron chi connectivity index (χ3n) is 5.32. The maximum absolute atomic E-state index is 11.0. The molecule has 3 heterocycles. The van der Waals surface area contributed by atoms with Gasteiger partial charge in [0.1, 0.15) is 10.6 Å². The van der Waals surface area contributed by atoms with Gasteiger partial charge in [0.15, 0.2) is 0 Å². The Balaban J connectivity index is 1.76. The number of aliphatic hydroxyl groups is 2. The molecule has 1 fully saturated rings. The van der Waals surface area contributed by atoms with Crippen molar-refractivity contribution in [2.24, 2.45) is 0 Å². The second-order valence-corrected chi connectivity index (χ2v) is 8.03. The van der Waals surface area contributed by atoms with E-state index in [1.54, 1.807) is 16.2 Å². The first kappa shape index (κ1) is 18.4. The molecule has 0 unspecified atom stereocenters. The average Bonchev–Trinajstić information content (AvgIpc) is 3.28. The lowest BCUT2D eigenvalue weighted by molar-refractivity contribution is -0.118. The van der Waals surface area contributed by atoms with Crippen molar-refractivity contribution in [2.45, 2.75) is 19.3 Å². The quantitative estimate of drug-likeness (QED) is 0.654. The predicted molar refractivity (Wildman–Crippen MR) is 106 cm³/mol. The monoisotopic (exact) mass is 391 g/mol. The van der Waals surface area contributed by atoms with E-state index >= 15 is 0 Å². The number of carbonyl (C=O) groups excluding carboxylic acids is 1. The average molecular weight is 391 g/mol. The summed E-state index contributed by atoms with van der Waals surface area (Å²) < 4.78 is 0. The number of nitrogens with zero attached hydrogens (tertiary/aromatic N) is 5. The Morgan fingerprint density at radius 1 is 1.07 bits per heavy atom. The van der Waals surface area contributed by atoms with Crippen molar-refractivity contribution in [3.63, 3.8) is 0 Å². The van der Waals surface area contributed by atoms with Crippen molar-refractivity contribution in [1.82, 2.24) is 14.9 Å². The lowest BCUT2D eigenvalue weighted by Gasteiger charge is -2.33. The minimum Gasteiger partial charge on any atom is -0.395 e. The molecule has 8 nitrogen and oxygen atoms in total. The summed E-state index contributed by atoms with van der Waals surface area (Å²) in [6.07, 6.45) is 4.17. The highest BCUT2D eigenvalue weighted by molar-refractivity contribution is 7.19. The van der Waals surface area contributed by atoms with Gasteiger partial charge in [-0.05, 0) is 24.8 Å². The maximum Gasteiger partial charge on any atom is 0.228 e. The van der Waals surface area contributed by atoms with Crippen molar-refractivity contribution in [3.8, 4) is 0 Å². The molecule has 1 amide bonds. The third kappa shape index (κ3) is 3.46. The number of piperazine rings is 1. The highest BCUT2D eigenvalue weighted by atomic mass is 32.1. The fraction of sp³-hybridized carbons (Fsp3) is 0.611. The summed E-state index contributed by atoms with van der Waals surface area (Å²) >= 11 is 1.74. The van der Waals surface area contributed by atoms with Crippen molar-refractivity contribution < 1.29 is 15.0 Å². The van der Waals surface area contributed by atoms with Crippen LogP contribution in [0.4, 0.5) is 11.8 Å². The number of aliphatic hydroxyl groups excluding tert-OH is 2. The van der Waals surface area contributed by atoms with E-state index in [1.807, 2.05) is 4.90 Å². The zero-order chi connectivity index (χ0) is 18.8. The van der Waals surface area contributed by atoms with Crippen LogP contribution in [-0.2, 0) is 17.6 Å². The summed E-state index contributed by atoms with van der Waals surface area (Å²) in [6.45, 7) is 3.60. The fourth-order valence-corrected chi connectivity index (χ4v) is 5.18. The van der Waals surface area contributed by atoms with Gasteiger partial charge in [-0.1, -0.05) is 0 Å². The van der Waals surface area contributed by atoms with Crippen LogP contribution in [0.15, 0.2) is 0 Å². The van der Waals surface area contributed by atoms with Crippen LogP contribution in [0.25, 0.3) is 10.2 Å². The zero-order valence-corrected chi connectivity index (χ0v) is 16.1. The molecule has 0 atom stereocenters. The van der Waals surface area contributed by atoms with Gasteiger partial charge in [-0.3, -0.25) is 4.79 Å². The summed E-state index contributed by atoms with van der Waals surface area (Å²) in [5.74, 6) is 1.49. The summed E-state index contributed by atoms with van der Waals surface area (Å²) in [5.41, 5.74) is 1.34. The number of amides is 1. The molecule has 1 aliphatic heterocycles. The summed E-state index contributed by atoms with van der Waals surface area (Å²) in [7, 11) is 0. The van der Waals surface area contributed by atoms with E-state index in [9.17, 15) is 15.0 Å². The van der Waals surface area contributed by atoms with Crippen LogP contribution in [0.2, 0.25) is 0 Å². The molecule has 0 aromatic carbocycles. The zero-order valence-electron chi connectivity index (χ0n) is 15.3. The molecule has 2 aromatic rings. The van der Waals surface area contributed by atoms with Crippen molar-refractivity contribution >= 4 is 39.7 Å². The molecule has 1 aliphatic carbocycles. The van der Waals surface area contributed by atoms with Gasteiger partial charge < -0.3 is 24.9 Å². The third-order valence-corrected chi connectivity index (χ3v) is 6.51. The van der Waals surface area contributed by atoms with Gasteiger partial charge in [0.2, 0.25) is 12.4 Å². The molecule has 0 saturated carbocycles. The van der Waals surface area contributed by atoms with E-state index in [0.29, 0.717) is 45.2 Å². The fourth-order valence-electron chi connectivity index (χ4n) is 3.93. The Labute approximate surface area is 162 Å². The number of aromatic nitrogens is 2. The van der Waals surface area contributed by atoms with Crippen molar-refractivity contribution in [2.75, 3.05) is 62.3 Å². The van der Waals surface area contributed by atoms with Crippen LogP contribution in [-0.4, -0.2) is 84.0 Å². The van der Waals surface area contributed by atoms with Gasteiger partial charge in [0, 0.05) is 44.1 Å². The Kier molecular flexibility index (Phi) is 5.42. The van der Waals surface area contributed by atoms with E-state index in [-0.39, 0.29) is 13.2 Å². The number of aryl methyl sites for hydroxylation is 2. The molecule has 1 saturated heterocycles. The number of fused-ring (bicyclic) bond motifs is 3. The normalized spacial score (nSPS) is 16.8. The molecular weight excluding hydrogens is 366 g/mol. The van der Waals surface area contributed by atoms with E-state index in [1.165, 1.54) is 10.4 Å². The minimum absolute atomic E-state index is 0.00513. The second-order valence-electron chi connectivity index (χ2n) is 6.95. The smallest absolute Gasteiger partial charge is 0.228 e. The Hall–Kier alpha value is -1.97. The van der Waals surface area contributed by atoms with Crippen LogP contribution in [0, 0.1) is 0 Å². The molecule has 0 radical (unpaired) electrons. The number of hydrogen-bond donors (Lipinski definition) is 2. The minimum atomic E-state index is 0.00513. The topological polar surface area (TPSA) is 93.0 Å². The molecule has 4 rings (SSSR count). The standard InChI is InChI=1S/C18H25N5O3S/c24-10-8-22(9-11-25)16-15-13-2-1-3-14(13)27-17(15)20-18(19-16)23-6-4-21(12-26)5-7-23/h12,24-25H,1-11H2. The molecule has 2 N–H and O–H groups in total. The van der Waals surface area contributed by atoms with Gasteiger partial charge in [-0.15, -0.1) is 11.3 Å². The lowest BCUT2D eigenvalue weighted by Crippen LogP contribution is -2.46. The van der Waals surface area contributed by atoms with Crippen molar-refractivity contribution in [3.05, 3.63) is 10.4 Å². The van der Waals surface area contributed by atoms with Crippen LogP contribution in [0.3, 0.4) is 0 Å². The van der Waals surface area contributed by atoms with Crippen LogP contribution in [0.5, 0.6) is 0 Å². The SMILES string of the molecule is O=CN1CCN(c2nc(N(CCO)CCO)c3c4c(sc3n2)CCC4)CC1. The lowest BCUT2D eigenvalue weighted by atomic mass is 10.2. The Bertz CT molecular complexity index is 813. The van der Waals surface area contributed by atoms with Crippen LogP contribution < -0.4 is 9.80 Å². The number of carbonyl (C=O) groups is 1. The molecule has 0 spiro atoms. The first-order chi connectivity index (χ1) is 13.2. The van der Waals surface area contributed by atoms with E-state index in [2.05, 4.69) is 4.90 Å². The maximum atomic E-state index is 11.0. The van der Waals surface area contributed by atoms with Crippen LogP contribution >= 0.6 is 11.3 Å². The van der Waals surface area contributed by atoms with Gasteiger partial charge in [0.25, 0.3) is 0 Å². The summed E-state index contributed by atoms with van der Waals surface area (Å²) in [6, 6.07) is 0. The number of thiophene rings is 1. The number of rotatable bonds is 7. The Morgan fingerprint density at radius 2 is 1.81 bits per heavy atom. The molecule has 9 heteroatoms. The first-order valence-electron chi connectivity index (χ1n) is 9.48. The van der Waals surface area contributed by atoms with E-state index in [4.69, 9.17) is 9.97 Å². The van der Waals surface area contributed by atoms with Gasteiger partial charge >= 0.3 is 0 Å². The largest absolute Gasteiger partial charge is 0.395 e. The van der Waals surface area contributed by atoms with Crippen molar-refractivity contribution in [1.29, 1.82) is 0 Å².